The van der Waals surface area contributed by atoms with Crippen molar-refractivity contribution in [1.82, 2.24) is 0 Å². The molecule has 0 atom stereocenters. The normalized spacial score (nSPS) is 10.6. The first kappa shape index (κ1) is 13.6. The molecule has 1 nitrogen and oxygen atoms in total. The molecule has 0 heterocycles. The molecule has 0 aliphatic carbocycles. The highest BCUT2D eigenvalue weighted by atomic mass is 79.9. The molecule has 0 fully saturated rings. The number of phenolic OH excluding ortho intramolecular Hbond substituents is 1. The first-order valence-electron chi connectivity index (χ1n) is 4.63. The predicted octanol–water partition coefficient (Wildman–Crippen LogP) is 6.11. The van der Waals surface area contributed by atoms with Crippen LogP contribution in [0.5, 0.6) is 5.75 Å². The van der Waals surface area contributed by atoms with Crippen molar-refractivity contribution in [2.24, 2.45) is 0 Å². The molecule has 0 aliphatic rings. The second-order valence-corrected chi connectivity index (χ2v) is 6.63. The highest BCUT2D eigenvalue weighted by Gasteiger charge is 2.13. The zero-order valence-electron chi connectivity index (χ0n) is 8.35. The highest BCUT2D eigenvalue weighted by molar-refractivity contribution is 9.15. The van der Waals surface area contributed by atoms with Gasteiger partial charge in [0, 0.05) is 17.9 Å². The van der Waals surface area contributed by atoms with E-state index in [2.05, 4.69) is 63.7 Å². The molecular weight excluding hydrogens is 480 g/mol. The maximum absolute atomic E-state index is 9.51. The minimum Gasteiger partial charge on any atom is -0.508 e. The van der Waals surface area contributed by atoms with Crippen LogP contribution < -0.4 is 0 Å². The van der Waals surface area contributed by atoms with Crippen LogP contribution in [-0.2, 0) is 0 Å². The fourth-order valence-electron chi connectivity index (χ4n) is 1.46. The molecule has 2 aromatic rings. The number of aromatic hydroxyl groups is 1. The molecule has 0 aliphatic heterocycles. The van der Waals surface area contributed by atoms with E-state index in [4.69, 9.17) is 0 Å². The van der Waals surface area contributed by atoms with Gasteiger partial charge >= 0.3 is 0 Å². The summed E-state index contributed by atoms with van der Waals surface area (Å²) < 4.78 is 3.78. The first-order valence-corrected chi connectivity index (χ1v) is 7.80. The van der Waals surface area contributed by atoms with Crippen LogP contribution >= 0.6 is 63.7 Å². The maximum Gasteiger partial charge on any atom is 0.116 e. The van der Waals surface area contributed by atoms with E-state index in [1.165, 1.54) is 0 Å². The van der Waals surface area contributed by atoms with E-state index in [0.717, 1.165) is 29.0 Å². The highest BCUT2D eigenvalue weighted by Crippen LogP contribution is 2.43. The van der Waals surface area contributed by atoms with E-state index in [0.29, 0.717) is 0 Å². The van der Waals surface area contributed by atoms with Gasteiger partial charge in [-0.15, -0.1) is 0 Å². The molecular formula is C12H6Br4O. The van der Waals surface area contributed by atoms with E-state index in [1.807, 2.05) is 18.2 Å². The van der Waals surface area contributed by atoms with Gasteiger partial charge in [0.2, 0.25) is 0 Å². The summed E-state index contributed by atoms with van der Waals surface area (Å²) in [4.78, 5) is 0. The van der Waals surface area contributed by atoms with Crippen molar-refractivity contribution < 1.29 is 5.11 Å². The van der Waals surface area contributed by atoms with Gasteiger partial charge in [-0.25, -0.2) is 0 Å². The summed E-state index contributed by atoms with van der Waals surface area (Å²) in [5.41, 5.74) is 1.95. The van der Waals surface area contributed by atoms with Crippen LogP contribution in [0.4, 0.5) is 0 Å². The number of benzene rings is 2. The summed E-state index contributed by atoms with van der Waals surface area (Å²) in [6.07, 6.45) is 0. The molecule has 0 saturated carbocycles. The lowest BCUT2D eigenvalue weighted by molar-refractivity contribution is 0.475. The van der Waals surface area contributed by atoms with Crippen molar-refractivity contribution in [3.63, 3.8) is 0 Å². The number of phenols is 1. The Morgan fingerprint density at radius 2 is 1.53 bits per heavy atom. The molecule has 0 radical (unpaired) electrons. The molecule has 0 aromatic heterocycles. The second kappa shape index (κ2) is 5.43. The van der Waals surface area contributed by atoms with Gasteiger partial charge in [0.1, 0.15) is 5.75 Å². The minimum atomic E-state index is 0.254. The molecule has 2 rings (SSSR count). The molecule has 1 N–H and O–H groups in total. The Bertz CT molecular complexity index is 581. The first-order chi connectivity index (χ1) is 8.00. The second-order valence-electron chi connectivity index (χ2n) is 3.40. The molecule has 17 heavy (non-hydrogen) atoms. The van der Waals surface area contributed by atoms with E-state index >= 15 is 0 Å². The number of hydrogen-bond donors (Lipinski definition) is 1. The predicted molar refractivity (Wildman–Crippen MR) is 84.3 cm³/mol. The Morgan fingerprint density at radius 3 is 2.18 bits per heavy atom. The zero-order chi connectivity index (χ0) is 12.6. The van der Waals surface area contributed by atoms with E-state index in [9.17, 15) is 5.11 Å². The van der Waals surface area contributed by atoms with Gasteiger partial charge in [-0.1, -0.05) is 12.1 Å². The Hall–Kier alpha value is 0.160. The lowest BCUT2D eigenvalue weighted by Gasteiger charge is -2.10. The van der Waals surface area contributed by atoms with Crippen LogP contribution in [0.15, 0.2) is 48.2 Å². The fourth-order valence-corrected chi connectivity index (χ4v) is 3.70. The van der Waals surface area contributed by atoms with Crippen molar-refractivity contribution in [3.8, 4) is 16.9 Å². The third-order valence-corrected chi connectivity index (χ3v) is 6.92. The Morgan fingerprint density at radius 1 is 0.824 bits per heavy atom. The van der Waals surface area contributed by atoms with Crippen molar-refractivity contribution in [1.29, 1.82) is 0 Å². The summed E-state index contributed by atoms with van der Waals surface area (Å²) in [5.74, 6) is 0.254. The number of halogens is 4. The Labute approximate surface area is 133 Å². The number of rotatable bonds is 1. The Kier molecular flexibility index (Phi) is 4.34. The molecule has 0 bridgehead atoms. The summed E-state index contributed by atoms with van der Waals surface area (Å²) in [6.45, 7) is 0. The topological polar surface area (TPSA) is 20.2 Å². The molecule has 0 amide bonds. The molecule has 5 heteroatoms. The van der Waals surface area contributed by atoms with E-state index in [-0.39, 0.29) is 5.75 Å². The van der Waals surface area contributed by atoms with Crippen LogP contribution in [0.2, 0.25) is 0 Å². The largest absolute Gasteiger partial charge is 0.508 e. The van der Waals surface area contributed by atoms with Gasteiger partial charge < -0.3 is 5.11 Å². The van der Waals surface area contributed by atoms with E-state index in [1.54, 1.807) is 12.1 Å². The third-order valence-electron chi connectivity index (χ3n) is 2.26. The van der Waals surface area contributed by atoms with Crippen LogP contribution in [0.1, 0.15) is 0 Å². The SMILES string of the molecule is Oc1cccc(-c2cc(Br)c(Br)c(Br)c2Br)c1. The summed E-state index contributed by atoms with van der Waals surface area (Å²) >= 11 is 14.0. The third kappa shape index (κ3) is 2.78. The van der Waals surface area contributed by atoms with Gasteiger partial charge in [0.15, 0.2) is 0 Å². The summed E-state index contributed by atoms with van der Waals surface area (Å²) in [6, 6.07) is 9.15. The van der Waals surface area contributed by atoms with Crippen molar-refractivity contribution in [2.45, 2.75) is 0 Å². The van der Waals surface area contributed by atoms with Gasteiger partial charge in [0.05, 0.1) is 0 Å². The number of hydrogen-bond acceptors (Lipinski definition) is 1. The molecule has 0 unspecified atom stereocenters. The van der Waals surface area contributed by atoms with Crippen molar-refractivity contribution in [3.05, 3.63) is 48.2 Å². The van der Waals surface area contributed by atoms with Gasteiger partial charge in [-0.05, 0) is 93.0 Å². The molecule has 2 aromatic carbocycles. The monoisotopic (exact) mass is 482 g/mol. The van der Waals surface area contributed by atoms with Gasteiger partial charge in [-0.2, -0.15) is 0 Å². The Balaban J connectivity index is 2.68. The van der Waals surface area contributed by atoms with Crippen LogP contribution in [0.3, 0.4) is 0 Å². The maximum atomic E-state index is 9.51. The van der Waals surface area contributed by atoms with Crippen LogP contribution in [0, 0.1) is 0 Å². The molecule has 88 valence electrons. The van der Waals surface area contributed by atoms with E-state index < -0.39 is 0 Å². The van der Waals surface area contributed by atoms with Gasteiger partial charge in [-0.3, -0.25) is 0 Å². The average Bonchev–Trinajstić information content (AvgIpc) is 2.31. The lowest BCUT2D eigenvalue weighted by atomic mass is 10.1. The fraction of sp³-hybridized carbons (Fsp3) is 0. The smallest absolute Gasteiger partial charge is 0.116 e. The van der Waals surface area contributed by atoms with Gasteiger partial charge in [0.25, 0.3) is 0 Å². The quantitative estimate of drug-likeness (QED) is 0.382. The standard InChI is InChI=1S/C12H6Br4O/c13-9-5-8(10(14)12(16)11(9)15)6-2-1-3-7(17)4-6/h1-5,17H. The zero-order valence-corrected chi connectivity index (χ0v) is 14.7. The summed E-state index contributed by atoms with van der Waals surface area (Å²) in [5, 5.41) is 9.51. The summed E-state index contributed by atoms with van der Waals surface area (Å²) in [7, 11) is 0. The average molecular weight is 486 g/mol. The van der Waals surface area contributed by atoms with Crippen molar-refractivity contribution in [2.75, 3.05) is 0 Å². The van der Waals surface area contributed by atoms with Crippen LogP contribution in [-0.4, -0.2) is 5.11 Å². The molecule has 0 saturated heterocycles. The van der Waals surface area contributed by atoms with Crippen molar-refractivity contribution >= 4 is 63.7 Å². The lowest BCUT2D eigenvalue weighted by Crippen LogP contribution is -1.84. The minimum absolute atomic E-state index is 0.254. The van der Waals surface area contributed by atoms with Crippen LogP contribution in [0.25, 0.3) is 11.1 Å². The molecule has 0 spiro atoms.